The van der Waals surface area contributed by atoms with Crippen molar-refractivity contribution in [2.75, 3.05) is 0 Å². The molecule has 5 heteroatoms. The van der Waals surface area contributed by atoms with Crippen LogP contribution >= 0.6 is 0 Å². The predicted molar refractivity (Wildman–Crippen MR) is 65.5 cm³/mol. The molecule has 0 aromatic rings. The van der Waals surface area contributed by atoms with E-state index in [0.717, 1.165) is 6.42 Å². The van der Waals surface area contributed by atoms with E-state index >= 15 is 0 Å². The normalized spacial score (nSPS) is 13.2. The second-order valence-electron chi connectivity index (χ2n) is 3.83. The number of rotatable bonds is 7. The Kier molecular flexibility index (Phi) is 7.61. The molecule has 0 spiro atoms. The second kappa shape index (κ2) is 8.45. The second-order valence-corrected chi connectivity index (χ2v) is 3.83. The number of carboxylic acid groups (broad SMARTS) is 1. The molecule has 0 aliphatic carbocycles. The van der Waals surface area contributed by atoms with E-state index in [1.54, 1.807) is 0 Å². The summed E-state index contributed by atoms with van der Waals surface area (Å²) in [4.78, 5) is 22.1. The van der Waals surface area contributed by atoms with E-state index in [1.807, 2.05) is 13.8 Å². The van der Waals surface area contributed by atoms with Gasteiger partial charge in [-0.3, -0.25) is 4.79 Å². The van der Waals surface area contributed by atoms with Crippen molar-refractivity contribution < 1.29 is 14.7 Å². The SMILES string of the molecule is C#CC(CCC)NC(=O)NC(CC)CC(=O)O. The number of carbonyl (C=O) groups excluding carboxylic acids is 1. The van der Waals surface area contributed by atoms with Gasteiger partial charge in [0.1, 0.15) is 0 Å². The quantitative estimate of drug-likeness (QED) is 0.588. The summed E-state index contributed by atoms with van der Waals surface area (Å²) in [6, 6.07) is -1.08. The Hall–Kier alpha value is -1.70. The van der Waals surface area contributed by atoms with Crippen molar-refractivity contribution in [3.8, 4) is 12.3 Å². The molecule has 2 atom stereocenters. The Morgan fingerprint density at radius 2 is 2.00 bits per heavy atom. The lowest BCUT2D eigenvalue weighted by atomic mass is 10.1. The third kappa shape index (κ3) is 7.23. The van der Waals surface area contributed by atoms with Gasteiger partial charge < -0.3 is 15.7 Å². The third-order valence-electron chi connectivity index (χ3n) is 2.33. The number of aliphatic carboxylic acids is 1. The van der Waals surface area contributed by atoms with Gasteiger partial charge in [0.05, 0.1) is 12.5 Å². The number of terminal acetylenes is 1. The number of hydrogen-bond acceptors (Lipinski definition) is 2. The maximum Gasteiger partial charge on any atom is 0.315 e. The Labute approximate surface area is 102 Å². The molecular weight excluding hydrogens is 220 g/mol. The van der Waals surface area contributed by atoms with Crippen molar-refractivity contribution in [2.45, 2.75) is 51.6 Å². The number of hydrogen-bond donors (Lipinski definition) is 3. The van der Waals surface area contributed by atoms with Gasteiger partial charge in [0, 0.05) is 6.04 Å². The summed E-state index contributed by atoms with van der Waals surface area (Å²) >= 11 is 0. The van der Waals surface area contributed by atoms with Crippen LogP contribution in [0, 0.1) is 12.3 Å². The Bertz CT molecular complexity index is 297. The lowest BCUT2D eigenvalue weighted by Gasteiger charge is -2.18. The lowest BCUT2D eigenvalue weighted by molar-refractivity contribution is -0.137. The van der Waals surface area contributed by atoms with Crippen LogP contribution < -0.4 is 10.6 Å². The monoisotopic (exact) mass is 240 g/mol. The summed E-state index contributed by atoms with van der Waals surface area (Å²) in [7, 11) is 0. The zero-order valence-electron chi connectivity index (χ0n) is 10.3. The minimum Gasteiger partial charge on any atom is -0.481 e. The zero-order chi connectivity index (χ0) is 13.3. The van der Waals surface area contributed by atoms with Crippen molar-refractivity contribution in [3.63, 3.8) is 0 Å². The molecule has 0 radical (unpaired) electrons. The van der Waals surface area contributed by atoms with Gasteiger partial charge >= 0.3 is 12.0 Å². The van der Waals surface area contributed by atoms with Crippen molar-refractivity contribution in [2.24, 2.45) is 0 Å². The zero-order valence-corrected chi connectivity index (χ0v) is 10.3. The molecule has 2 amide bonds. The van der Waals surface area contributed by atoms with Crippen molar-refractivity contribution >= 4 is 12.0 Å². The fraction of sp³-hybridized carbons (Fsp3) is 0.667. The van der Waals surface area contributed by atoms with E-state index in [1.165, 1.54) is 0 Å². The van der Waals surface area contributed by atoms with Gasteiger partial charge in [-0.15, -0.1) is 6.42 Å². The molecule has 0 aliphatic rings. The van der Waals surface area contributed by atoms with Crippen LogP contribution in [-0.4, -0.2) is 29.2 Å². The fourth-order valence-corrected chi connectivity index (χ4v) is 1.38. The molecule has 0 rings (SSSR count). The summed E-state index contributed by atoms with van der Waals surface area (Å²) in [6.07, 6.45) is 7.33. The third-order valence-corrected chi connectivity index (χ3v) is 2.33. The minimum atomic E-state index is -0.931. The number of carbonyl (C=O) groups is 2. The summed E-state index contributed by atoms with van der Waals surface area (Å²) in [5.74, 6) is 1.55. The van der Waals surface area contributed by atoms with Crippen LogP contribution in [-0.2, 0) is 4.79 Å². The van der Waals surface area contributed by atoms with E-state index in [-0.39, 0.29) is 18.5 Å². The molecule has 17 heavy (non-hydrogen) atoms. The van der Waals surface area contributed by atoms with Crippen LogP contribution in [0.4, 0.5) is 4.79 Å². The van der Waals surface area contributed by atoms with Gasteiger partial charge in [0.15, 0.2) is 0 Å². The van der Waals surface area contributed by atoms with Crippen molar-refractivity contribution in [1.29, 1.82) is 0 Å². The van der Waals surface area contributed by atoms with Crippen LogP contribution in [0.5, 0.6) is 0 Å². The standard InChI is InChI=1S/C12H20N2O3/c1-4-7-9(5-2)13-12(17)14-10(6-3)8-11(15)16/h2,9-10H,4,6-8H2,1,3H3,(H,15,16)(H2,13,14,17). The van der Waals surface area contributed by atoms with Gasteiger partial charge in [-0.05, 0) is 12.8 Å². The topological polar surface area (TPSA) is 78.4 Å². The van der Waals surface area contributed by atoms with Crippen LogP contribution in [0.25, 0.3) is 0 Å². The molecule has 3 N–H and O–H groups in total. The highest BCUT2D eigenvalue weighted by Crippen LogP contribution is 1.99. The molecule has 0 saturated heterocycles. The van der Waals surface area contributed by atoms with Crippen LogP contribution in [0.2, 0.25) is 0 Å². The fourth-order valence-electron chi connectivity index (χ4n) is 1.38. The first-order chi connectivity index (χ1) is 8.03. The van der Waals surface area contributed by atoms with Crippen LogP contribution in [0.15, 0.2) is 0 Å². The number of urea groups is 1. The summed E-state index contributed by atoms with van der Waals surface area (Å²) in [5, 5.41) is 13.9. The molecule has 0 saturated carbocycles. The van der Waals surface area contributed by atoms with Crippen LogP contribution in [0.1, 0.15) is 39.5 Å². The smallest absolute Gasteiger partial charge is 0.315 e. The average molecular weight is 240 g/mol. The largest absolute Gasteiger partial charge is 0.481 e. The Morgan fingerprint density at radius 1 is 1.35 bits per heavy atom. The van der Waals surface area contributed by atoms with Gasteiger partial charge in [-0.1, -0.05) is 26.2 Å². The average Bonchev–Trinajstić information content (AvgIpc) is 2.26. The van der Waals surface area contributed by atoms with Gasteiger partial charge in [-0.25, -0.2) is 4.79 Å². The summed E-state index contributed by atoms with van der Waals surface area (Å²) in [5.41, 5.74) is 0. The first-order valence-corrected chi connectivity index (χ1v) is 5.78. The van der Waals surface area contributed by atoms with Crippen LogP contribution in [0.3, 0.4) is 0 Å². The molecule has 0 fully saturated rings. The molecule has 0 aromatic carbocycles. The minimum absolute atomic E-state index is 0.0849. The first kappa shape index (κ1) is 15.3. The highest BCUT2D eigenvalue weighted by atomic mass is 16.4. The van der Waals surface area contributed by atoms with E-state index < -0.39 is 12.0 Å². The van der Waals surface area contributed by atoms with Gasteiger partial charge in [-0.2, -0.15) is 0 Å². The maximum atomic E-state index is 11.5. The number of amides is 2. The molecule has 0 heterocycles. The Morgan fingerprint density at radius 3 is 2.41 bits per heavy atom. The predicted octanol–water partition coefficient (Wildman–Crippen LogP) is 1.34. The van der Waals surface area contributed by atoms with Crippen molar-refractivity contribution in [3.05, 3.63) is 0 Å². The molecule has 5 nitrogen and oxygen atoms in total. The lowest BCUT2D eigenvalue weighted by Crippen LogP contribution is -2.46. The molecule has 96 valence electrons. The van der Waals surface area contributed by atoms with Gasteiger partial charge in [0.25, 0.3) is 0 Å². The molecule has 0 aliphatic heterocycles. The summed E-state index contributed by atoms with van der Waals surface area (Å²) in [6.45, 7) is 3.79. The summed E-state index contributed by atoms with van der Waals surface area (Å²) < 4.78 is 0. The highest BCUT2D eigenvalue weighted by Gasteiger charge is 2.15. The van der Waals surface area contributed by atoms with Gasteiger partial charge in [0.2, 0.25) is 0 Å². The molecule has 0 aromatic heterocycles. The number of carboxylic acids is 1. The van der Waals surface area contributed by atoms with E-state index in [2.05, 4.69) is 16.6 Å². The maximum absolute atomic E-state index is 11.5. The van der Waals surface area contributed by atoms with E-state index in [9.17, 15) is 9.59 Å². The van der Waals surface area contributed by atoms with E-state index in [4.69, 9.17) is 11.5 Å². The van der Waals surface area contributed by atoms with E-state index in [0.29, 0.717) is 12.8 Å². The molecular formula is C12H20N2O3. The molecule has 2 unspecified atom stereocenters. The molecule has 0 bridgehead atoms. The highest BCUT2D eigenvalue weighted by molar-refractivity contribution is 5.76. The first-order valence-electron chi connectivity index (χ1n) is 5.78. The number of nitrogens with one attached hydrogen (secondary N) is 2. The Balaban J connectivity index is 4.14. The van der Waals surface area contributed by atoms with Crippen molar-refractivity contribution in [1.82, 2.24) is 10.6 Å².